The van der Waals surface area contributed by atoms with E-state index in [1.54, 1.807) is 0 Å². The summed E-state index contributed by atoms with van der Waals surface area (Å²) in [6.45, 7) is 3.57. The van der Waals surface area contributed by atoms with Gasteiger partial charge >= 0.3 is 0 Å². The molecule has 1 aliphatic rings. The van der Waals surface area contributed by atoms with Gasteiger partial charge in [0.15, 0.2) is 0 Å². The molecule has 0 aromatic rings. The SMILES string of the molecule is C=NC1(CC=O)CCCCC1. The average Bonchev–Trinajstić information content (AvgIpc) is 2.07. The summed E-state index contributed by atoms with van der Waals surface area (Å²) in [6.07, 6.45) is 7.33. The number of hydrogen-bond donors (Lipinski definition) is 0. The van der Waals surface area contributed by atoms with Crippen LogP contribution in [0.25, 0.3) is 0 Å². The van der Waals surface area contributed by atoms with Crippen LogP contribution >= 0.6 is 0 Å². The normalized spacial score (nSPS) is 22.5. The Hall–Kier alpha value is -0.660. The van der Waals surface area contributed by atoms with Gasteiger partial charge in [-0.25, -0.2) is 0 Å². The zero-order valence-corrected chi connectivity index (χ0v) is 6.88. The Morgan fingerprint density at radius 3 is 2.45 bits per heavy atom. The number of carbonyl (C=O) groups excluding carboxylic acids is 1. The number of rotatable bonds is 3. The van der Waals surface area contributed by atoms with Crippen LogP contribution in [0, 0.1) is 0 Å². The highest BCUT2D eigenvalue weighted by molar-refractivity contribution is 5.52. The molecule has 0 heterocycles. The van der Waals surface area contributed by atoms with Crippen molar-refractivity contribution in [3.05, 3.63) is 0 Å². The summed E-state index contributed by atoms with van der Waals surface area (Å²) >= 11 is 0. The Bertz CT molecular complexity index is 148. The van der Waals surface area contributed by atoms with Gasteiger partial charge in [0.2, 0.25) is 0 Å². The van der Waals surface area contributed by atoms with E-state index >= 15 is 0 Å². The lowest BCUT2D eigenvalue weighted by molar-refractivity contribution is -0.109. The zero-order valence-electron chi connectivity index (χ0n) is 6.88. The maximum Gasteiger partial charge on any atom is 0.122 e. The van der Waals surface area contributed by atoms with Crippen LogP contribution in [0.2, 0.25) is 0 Å². The second-order valence-electron chi connectivity index (χ2n) is 3.31. The molecule has 62 valence electrons. The first kappa shape index (κ1) is 8.44. The van der Waals surface area contributed by atoms with Crippen molar-refractivity contribution in [2.24, 2.45) is 4.99 Å². The highest BCUT2D eigenvalue weighted by Gasteiger charge is 2.29. The number of hydrogen-bond acceptors (Lipinski definition) is 2. The number of carbonyl (C=O) groups is 1. The van der Waals surface area contributed by atoms with Crippen LogP contribution in [-0.2, 0) is 4.79 Å². The molecule has 11 heavy (non-hydrogen) atoms. The summed E-state index contributed by atoms with van der Waals surface area (Å²) < 4.78 is 0. The largest absolute Gasteiger partial charge is 0.303 e. The van der Waals surface area contributed by atoms with Gasteiger partial charge in [-0.2, -0.15) is 0 Å². The Balaban J connectivity index is 2.56. The molecule has 1 saturated carbocycles. The summed E-state index contributed by atoms with van der Waals surface area (Å²) in [5.74, 6) is 0. The van der Waals surface area contributed by atoms with E-state index in [0.717, 1.165) is 19.1 Å². The molecule has 0 bridgehead atoms. The number of aliphatic imine (C=N–C) groups is 1. The molecular weight excluding hydrogens is 138 g/mol. The maximum atomic E-state index is 10.3. The minimum Gasteiger partial charge on any atom is -0.303 e. The van der Waals surface area contributed by atoms with Crippen LogP contribution in [0.15, 0.2) is 4.99 Å². The molecular formula is C9H15NO. The minimum absolute atomic E-state index is 0.0833. The van der Waals surface area contributed by atoms with Crippen molar-refractivity contribution in [1.82, 2.24) is 0 Å². The fourth-order valence-corrected chi connectivity index (χ4v) is 1.79. The Labute approximate surface area is 67.7 Å². The topological polar surface area (TPSA) is 29.4 Å². The summed E-state index contributed by atoms with van der Waals surface area (Å²) in [5, 5.41) is 0. The third kappa shape index (κ3) is 1.88. The fourth-order valence-electron chi connectivity index (χ4n) is 1.79. The second-order valence-corrected chi connectivity index (χ2v) is 3.31. The molecule has 0 radical (unpaired) electrons. The van der Waals surface area contributed by atoms with E-state index in [2.05, 4.69) is 11.7 Å². The van der Waals surface area contributed by atoms with E-state index in [-0.39, 0.29) is 5.54 Å². The van der Waals surface area contributed by atoms with Crippen LogP contribution < -0.4 is 0 Å². The van der Waals surface area contributed by atoms with Crippen LogP contribution in [0.5, 0.6) is 0 Å². The summed E-state index contributed by atoms with van der Waals surface area (Å²) in [4.78, 5) is 14.4. The highest BCUT2D eigenvalue weighted by atomic mass is 16.1. The van der Waals surface area contributed by atoms with E-state index in [1.807, 2.05) is 0 Å². The van der Waals surface area contributed by atoms with Crippen LogP contribution in [0.1, 0.15) is 38.5 Å². The average molecular weight is 153 g/mol. The van der Waals surface area contributed by atoms with Gasteiger partial charge in [-0.05, 0) is 19.6 Å². The smallest absolute Gasteiger partial charge is 0.122 e. The number of aldehydes is 1. The van der Waals surface area contributed by atoms with Gasteiger partial charge in [0.25, 0.3) is 0 Å². The summed E-state index contributed by atoms with van der Waals surface area (Å²) in [7, 11) is 0. The third-order valence-electron chi connectivity index (χ3n) is 2.58. The molecule has 0 atom stereocenters. The summed E-state index contributed by atoms with van der Waals surface area (Å²) in [6, 6.07) is 0. The lowest BCUT2D eigenvalue weighted by atomic mass is 9.80. The molecule has 0 aliphatic heterocycles. The van der Waals surface area contributed by atoms with E-state index < -0.39 is 0 Å². The molecule has 0 aromatic carbocycles. The van der Waals surface area contributed by atoms with Crippen LogP contribution in [0.4, 0.5) is 0 Å². The first-order valence-corrected chi connectivity index (χ1v) is 4.24. The van der Waals surface area contributed by atoms with Crippen LogP contribution in [0.3, 0.4) is 0 Å². The van der Waals surface area contributed by atoms with Crippen molar-refractivity contribution in [3.8, 4) is 0 Å². The quantitative estimate of drug-likeness (QED) is 0.450. The molecule has 2 heteroatoms. The first-order valence-electron chi connectivity index (χ1n) is 4.24. The molecule has 0 amide bonds. The van der Waals surface area contributed by atoms with Gasteiger partial charge < -0.3 is 4.79 Å². The van der Waals surface area contributed by atoms with E-state index in [4.69, 9.17) is 0 Å². The van der Waals surface area contributed by atoms with Crippen molar-refractivity contribution in [3.63, 3.8) is 0 Å². The monoisotopic (exact) mass is 153 g/mol. The molecule has 0 saturated heterocycles. The van der Waals surface area contributed by atoms with Gasteiger partial charge in [0, 0.05) is 6.42 Å². The highest BCUT2D eigenvalue weighted by Crippen LogP contribution is 2.33. The van der Waals surface area contributed by atoms with Crippen molar-refractivity contribution >= 4 is 13.0 Å². The lowest BCUT2D eigenvalue weighted by Crippen LogP contribution is -2.29. The summed E-state index contributed by atoms with van der Waals surface area (Å²) in [5.41, 5.74) is -0.0833. The predicted octanol–water partition coefficient (Wildman–Crippen LogP) is 1.98. The maximum absolute atomic E-state index is 10.3. The third-order valence-corrected chi connectivity index (χ3v) is 2.58. The van der Waals surface area contributed by atoms with Crippen molar-refractivity contribution < 1.29 is 4.79 Å². The fraction of sp³-hybridized carbons (Fsp3) is 0.778. The molecule has 0 N–H and O–H groups in total. The zero-order chi connectivity index (χ0) is 8.16. The Morgan fingerprint density at radius 1 is 1.36 bits per heavy atom. The van der Waals surface area contributed by atoms with E-state index in [9.17, 15) is 4.79 Å². The minimum atomic E-state index is -0.0833. The van der Waals surface area contributed by atoms with Crippen molar-refractivity contribution in [2.75, 3.05) is 0 Å². The van der Waals surface area contributed by atoms with Crippen molar-refractivity contribution in [1.29, 1.82) is 0 Å². The standard InChI is InChI=1S/C9H15NO/c1-10-9(7-8-11)5-3-2-4-6-9/h8H,1-7H2. The molecule has 1 fully saturated rings. The first-order chi connectivity index (χ1) is 5.33. The van der Waals surface area contributed by atoms with Gasteiger partial charge in [-0.3, -0.25) is 4.99 Å². The van der Waals surface area contributed by atoms with Gasteiger partial charge in [-0.1, -0.05) is 19.3 Å². The molecule has 0 spiro atoms. The van der Waals surface area contributed by atoms with Crippen molar-refractivity contribution in [2.45, 2.75) is 44.1 Å². The van der Waals surface area contributed by atoms with Gasteiger partial charge in [0.05, 0.1) is 5.54 Å². The molecule has 0 aromatic heterocycles. The Morgan fingerprint density at radius 2 is 2.00 bits per heavy atom. The lowest BCUT2D eigenvalue weighted by Gasteiger charge is -2.31. The van der Waals surface area contributed by atoms with E-state index in [0.29, 0.717) is 6.42 Å². The number of nitrogens with zero attached hydrogens (tertiary/aromatic N) is 1. The van der Waals surface area contributed by atoms with Gasteiger partial charge in [0.1, 0.15) is 6.29 Å². The molecule has 2 nitrogen and oxygen atoms in total. The van der Waals surface area contributed by atoms with Gasteiger partial charge in [-0.15, -0.1) is 0 Å². The molecule has 1 rings (SSSR count). The molecule has 1 aliphatic carbocycles. The van der Waals surface area contributed by atoms with Crippen LogP contribution in [-0.4, -0.2) is 18.5 Å². The predicted molar refractivity (Wildman–Crippen MR) is 46.0 cm³/mol. The van der Waals surface area contributed by atoms with E-state index in [1.165, 1.54) is 19.3 Å². The Kier molecular flexibility index (Phi) is 2.80. The molecule has 0 unspecified atom stereocenters. The second kappa shape index (κ2) is 3.65.